The van der Waals surface area contributed by atoms with Crippen LogP contribution < -0.4 is 5.32 Å². The van der Waals surface area contributed by atoms with Crippen molar-refractivity contribution < 1.29 is 9.15 Å². The lowest BCUT2D eigenvalue weighted by Gasteiger charge is -2.06. The Labute approximate surface area is 130 Å². The average Bonchev–Trinajstić information content (AvgIpc) is 2.80. The second-order valence-electron chi connectivity index (χ2n) is 6.17. The van der Waals surface area contributed by atoms with Crippen LogP contribution in [0.25, 0.3) is 0 Å². The molecule has 0 spiro atoms. The van der Waals surface area contributed by atoms with Crippen LogP contribution in [0, 0.1) is 6.92 Å². The number of ether oxygens (including phenoxy) is 1. The molecule has 3 heteroatoms. The molecule has 1 heterocycles. The molecule has 1 rings (SSSR count). The third-order valence-corrected chi connectivity index (χ3v) is 3.63. The SMILES string of the molecule is CCCCCCCCOCc1cc(C)c(CNC(C)C)o1. The molecule has 0 atom stereocenters. The molecule has 21 heavy (non-hydrogen) atoms. The van der Waals surface area contributed by atoms with Crippen LogP contribution in [0.5, 0.6) is 0 Å². The van der Waals surface area contributed by atoms with Crippen LogP contribution in [0.3, 0.4) is 0 Å². The second kappa shape index (κ2) is 10.9. The van der Waals surface area contributed by atoms with Gasteiger partial charge in [0.2, 0.25) is 0 Å². The maximum Gasteiger partial charge on any atom is 0.130 e. The number of nitrogens with one attached hydrogen (secondary N) is 1. The molecule has 0 radical (unpaired) electrons. The highest BCUT2D eigenvalue weighted by Gasteiger charge is 2.08. The van der Waals surface area contributed by atoms with Gasteiger partial charge in [0.15, 0.2) is 0 Å². The molecular weight excluding hydrogens is 262 g/mol. The standard InChI is InChI=1S/C18H33NO2/c1-5-6-7-8-9-10-11-20-14-17-12-16(4)18(21-17)13-19-15(2)3/h12,15,19H,5-11,13-14H2,1-4H3. The van der Waals surface area contributed by atoms with Gasteiger partial charge in [-0.25, -0.2) is 0 Å². The monoisotopic (exact) mass is 295 g/mol. The molecule has 0 unspecified atom stereocenters. The normalized spacial score (nSPS) is 11.5. The van der Waals surface area contributed by atoms with Crippen molar-refractivity contribution in [3.05, 3.63) is 23.2 Å². The van der Waals surface area contributed by atoms with E-state index in [0.717, 1.165) is 31.1 Å². The first-order valence-corrected chi connectivity index (χ1v) is 8.52. The van der Waals surface area contributed by atoms with Crippen molar-refractivity contribution in [2.24, 2.45) is 0 Å². The third kappa shape index (κ3) is 8.27. The third-order valence-electron chi connectivity index (χ3n) is 3.63. The van der Waals surface area contributed by atoms with Gasteiger partial charge in [0.1, 0.15) is 18.1 Å². The molecule has 3 nitrogen and oxygen atoms in total. The fourth-order valence-electron chi connectivity index (χ4n) is 2.29. The molecule has 0 saturated carbocycles. The van der Waals surface area contributed by atoms with Crippen LogP contribution in [0.1, 0.15) is 76.4 Å². The van der Waals surface area contributed by atoms with Gasteiger partial charge in [0.25, 0.3) is 0 Å². The summed E-state index contributed by atoms with van der Waals surface area (Å²) in [7, 11) is 0. The highest BCUT2D eigenvalue weighted by atomic mass is 16.5. The number of furan rings is 1. The number of hydrogen-bond donors (Lipinski definition) is 1. The van der Waals surface area contributed by atoms with Gasteiger partial charge < -0.3 is 14.5 Å². The molecule has 0 aliphatic carbocycles. The molecule has 1 N–H and O–H groups in total. The molecule has 1 aromatic heterocycles. The van der Waals surface area contributed by atoms with E-state index in [2.05, 4.69) is 39.1 Å². The van der Waals surface area contributed by atoms with E-state index < -0.39 is 0 Å². The average molecular weight is 295 g/mol. The Morgan fingerprint density at radius 2 is 1.86 bits per heavy atom. The lowest BCUT2D eigenvalue weighted by molar-refractivity contribution is 0.101. The fraction of sp³-hybridized carbons (Fsp3) is 0.778. The van der Waals surface area contributed by atoms with Crippen molar-refractivity contribution in [2.75, 3.05) is 6.61 Å². The van der Waals surface area contributed by atoms with Gasteiger partial charge in [-0.2, -0.15) is 0 Å². The number of hydrogen-bond acceptors (Lipinski definition) is 3. The van der Waals surface area contributed by atoms with E-state index >= 15 is 0 Å². The summed E-state index contributed by atoms with van der Waals surface area (Å²) in [6, 6.07) is 2.57. The van der Waals surface area contributed by atoms with Crippen LogP contribution in [0.4, 0.5) is 0 Å². The molecular formula is C18H33NO2. The Kier molecular flexibility index (Phi) is 9.44. The van der Waals surface area contributed by atoms with Crippen molar-refractivity contribution in [1.82, 2.24) is 5.32 Å². The summed E-state index contributed by atoms with van der Waals surface area (Å²) in [5.74, 6) is 1.97. The maximum absolute atomic E-state index is 5.84. The predicted molar refractivity (Wildman–Crippen MR) is 88.5 cm³/mol. The first kappa shape index (κ1) is 18.2. The number of rotatable bonds is 12. The second-order valence-corrected chi connectivity index (χ2v) is 6.17. The zero-order chi connectivity index (χ0) is 15.5. The van der Waals surface area contributed by atoms with Crippen molar-refractivity contribution in [3.8, 4) is 0 Å². The van der Waals surface area contributed by atoms with Crippen LogP contribution in [-0.4, -0.2) is 12.6 Å². The van der Waals surface area contributed by atoms with E-state index in [1.165, 1.54) is 37.7 Å². The van der Waals surface area contributed by atoms with Gasteiger partial charge in [-0.05, 0) is 25.0 Å². The molecule has 122 valence electrons. The Balaban J connectivity index is 2.13. The maximum atomic E-state index is 5.84. The van der Waals surface area contributed by atoms with Crippen molar-refractivity contribution in [2.45, 2.75) is 85.4 Å². The van der Waals surface area contributed by atoms with Crippen LogP contribution in [-0.2, 0) is 17.9 Å². The predicted octanol–water partition coefficient (Wildman–Crippen LogP) is 4.96. The lowest BCUT2D eigenvalue weighted by Crippen LogP contribution is -2.21. The van der Waals surface area contributed by atoms with Crippen LogP contribution in [0.2, 0.25) is 0 Å². The van der Waals surface area contributed by atoms with E-state index in [1.54, 1.807) is 0 Å². The summed E-state index contributed by atoms with van der Waals surface area (Å²) in [4.78, 5) is 0. The van der Waals surface area contributed by atoms with E-state index in [4.69, 9.17) is 9.15 Å². The Hall–Kier alpha value is -0.800. The minimum absolute atomic E-state index is 0.474. The molecule has 0 aromatic carbocycles. The summed E-state index contributed by atoms with van der Waals surface area (Å²) in [5, 5.41) is 3.38. The topological polar surface area (TPSA) is 34.4 Å². The lowest BCUT2D eigenvalue weighted by atomic mass is 10.1. The largest absolute Gasteiger partial charge is 0.462 e. The van der Waals surface area contributed by atoms with Crippen molar-refractivity contribution >= 4 is 0 Å². The molecule has 0 bridgehead atoms. The van der Waals surface area contributed by atoms with Gasteiger partial charge in [-0.15, -0.1) is 0 Å². The minimum atomic E-state index is 0.474. The molecule has 0 amide bonds. The zero-order valence-electron chi connectivity index (χ0n) is 14.3. The van der Waals surface area contributed by atoms with Crippen LogP contribution >= 0.6 is 0 Å². The highest BCUT2D eigenvalue weighted by Crippen LogP contribution is 2.16. The van der Waals surface area contributed by atoms with Gasteiger partial charge in [-0.1, -0.05) is 52.9 Å². The summed E-state index contributed by atoms with van der Waals surface area (Å²) in [6.45, 7) is 10.9. The van der Waals surface area contributed by atoms with E-state index in [1.807, 2.05) is 0 Å². The zero-order valence-corrected chi connectivity index (χ0v) is 14.3. The Bertz CT molecular complexity index is 371. The highest BCUT2D eigenvalue weighted by molar-refractivity contribution is 5.19. The van der Waals surface area contributed by atoms with Crippen molar-refractivity contribution in [3.63, 3.8) is 0 Å². The van der Waals surface area contributed by atoms with E-state index in [9.17, 15) is 0 Å². The van der Waals surface area contributed by atoms with Gasteiger partial charge in [-0.3, -0.25) is 0 Å². The van der Waals surface area contributed by atoms with Gasteiger partial charge in [0.05, 0.1) is 6.54 Å². The van der Waals surface area contributed by atoms with Crippen molar-refractivity contribution in [1.29, 1.82) is 0 Å². The fourth-order valence-corrected chi connectivity index (χ4v) is 2.29. The molecule has 1 aromatic rings. The van der Waals surface area contributed by atoms with E-state index in [0.29, 0.717) is 12.6 Å². The Morgan fingerprint density at radius 1 is 1.14 bits per heavy atom. The molecule has 0 saturated heterocycles. The summed E-state index contributed by atoms with van der Waals surface area (Å²) in [5.41, 5.74) is 1.21. The summed E-state index contributed by atoms with van der Waals surface area (Å²) < 4.78 is 11.5. The minimum Gasteiger partial charge on any atom is -0.462 e. The Morgan fingerprint density at radius 3 is 2.57 bits per heavy atom. The van der Waals surface area contributed by atoms with Crippen LogP contribution in [0.15, 0.2) is 10.5 Å². The molecule has 0 fully saturated rings. The summed E-state index contributed by atoms with van der Waals surface area (Å²) >= 11 is 0. The quantitative estimate of drug-likeness (QED) is 0.553. The first-order valence-electron chi connectivity index (χ1n) is 8.52. The molecule has 0 aliphatic heterocycles. The first-order chi connectivity index (χ1) is 10.1. The number of aryl methyl sites for hydroxylation is 1. The van der Waals surface area contributed by atoms with E-state index in [-0.39, 0.29) is 0 Å². The molecule has 0 aliphatic rings. The number of unbranched alkanes of at least 4 members (excludes halogenated alkanes) is 5. The smallest absolute Gasteiger partial charge is 0.130 e. The van der Waals surface area contributed by atoms with Gasteiger partial charge in [0, 0.05) is 12.6 Å². The van der Waals surface area contributed by atoms with Gasteiger partial charge >= 0.3 is 0 Å². The summed E-state index contributed by atoms with van der Waals surface area (Å²) in [6.07, 6.45) is 7.80.